The molecule has 1 aliphatic heterocycles. The molecule has 0 aliphatic carbocycles. The van der Waals surface area contributed by atoms with Gasteiger partial charge in [0.05, 0.1) is 27.3 Å². The normalized spacial score (nSPS) is 18.2. The molecule has 2 heterocycles. The molecule has 3 aromatic rings. The molecule has 148 valence electrons. The van der Waals surface area contributed by atoms with Crippen LogP contribution in [0, 0.1) is 0 Å². The lowest BCUT2D eigenvalue weighted by atomic mass is 9.89. The third-order valence-corrected chi connectivity index (χ3v) is 7.22. The first kappa shape index (κ1) is 20.8. The van der Waals surface area contributed by atoms with Crippen molar-refractivity contribution in [2.75, 3.05) is 4.90 Å². The lowest BCUT2D eigenvalue weighted by Gasteiger charge is -2.22. The van der Waals surface area contributed by atoms with Gasteiger partial charge in [-0.15, -0.1) is 11.3 Å². The van der Waals surface area contributed by atoms with Crippen molar-refractivity contribution in [3.63, 3.8) is 0 Å². The Hall–Kier alpha value is -1.51. The van der Waals surface area contributed by atoms with Crippen LogP contribution in [0.25, 0.3) is 0 Å². The summed E-state index contributed by atoms with van der Waals surface area (Å²) in [5.41, 5.74) is -0.0287. The van der Waals surface area contributed by atoms with E-state index >= 15 is 0 Å². The number of nitrogens with zero attached hydrogens (tertiary/aromatic N) is 1. The van der Waals surface area contributed by atoms with Gasteiger partial charge in [0.15, 0.2) is 11.4 Å². The monoisotopic (exact) mass is 553 g/mol. The molecule has 1 N–H and O–H groups in total. The minimum absolute atomic E-state index is 0.270. The molecule has 2 aromatic carbocycles. The Morgan fingerprint density at radius 1 is 1.10 bits per heavy atom. The van der Waals surface area contributed by atoms with Crippen molar-refractivity contribution in [1.82, 2.24) is 0 Å². The van der Waals surface area contributed by atoms with Crippen LogP contribution in [0.2, 0.25) is 5.02 Å². The Balaban J connectivity index is 1.71. The summed E-state index contributed by atoms with van der Waals surface area (Å²) in [7, 11) is 0. The van der Waals surface area contributed by atoms with E-state index in [0.717, 1.165) is 13.8 Å². The maximum Gasteiger partial charge on any atom is 0.264 e. The second-order valence-electron chi connectivity index (χ2n) is 6.74. The third-order valence-electron chi connectivity index (χ3n) is 4.81. The third kappa shape index (κ3) is 3.94. The SMILES string of the molecule is O=C(CC1(O)C(=O)N(Cc2ccc(Cl)cc2)c2ccc(Br)cc21)c1ccc(Br)s1. The van der Waals surface area contributed by atoms with Crippen LogP contribution in [0.1, 0.15) is 27.2 Å². The lowest BCUT2D eigenvalue weighted by Crippen LogP contribution is -2.41. The van der Waals surface area contributed by atoms with Gasteiger partial charge in [-0.05, 0) is 64.0 Å². The van der Waals surface area contributed by atoms with Crippen molar-refractivity contribution < 1.29 is 14.7 Å². The van der Waals surface area contributed by atoms with Gasteiger partial charge in [0.1, 0.15) is 0 Å². The molecule has 8 heteroatoms. The fraction of sp³-hybridized carbons (Fsp3) is 0.143. The van der Waals surface area contributed by atoms with Gasteiger partial charge in [-0.1, -0.05) is 39.7 Å². The van der Waals surface area contributed by atoms with Crippen LogP contribution in [-0.4, -0.2) is 16.8 Å². The van der Waals surface area contributed by atoms with Gasteiger partial charge in [0, 0.05) is 15.1 Å². The molecule has 0 bridgehead atoms. The smallest absolute Gasteiger partial charge is 0.264 e. The summed E-state index contributed by atoms with van der Waals surface area (Å²) in [5, 5.41) is 12.0. The van der Waals surface area contributed by atoms with E-state index in [1.54, 1.807) is 36.4 Å². The molecule has 0 saturated heterocycles. The van der Waals surface area contributed by atoms with Crippen molar-refractivity contribution in [2.24, 2.45) is 0 Å². The van der Waals surface area contributed by atoms with Gasteiger partial charge >= 0.3 is 0 Å². The van der Waals surface area contributed by atoms with E-state index in [9.17, 15) is 14.7 Å². The Morgan fingerprint density at radius 2 is 1.83 bits per heavy atom. The Bertz CT molecular complexity index is 1120. The standard InChI is InChI=1S/C21H14Br2ClNO3S/c22-13-3-6-16-15(9-13)21(28,10-17(26)18-7-8-19(23)29-18)20(27)25(16)11-12-1-4-14(24)5-2-12/h1-9,28H,10-11H2. The molecule has 4 rings (SSSR count). The van der Waals surface area contributed by atoms with E-state index in [4.69, 9.17) is 11.6 Å². The van der Waals surface area contributed by atoms with Gasteiger partial charge < -0.3 is 10.0 Å². The molecule has 1 unspecified atom stereocenters. The second-order valence-corrected chi connectivity index (χ2v) is 10.6. The fourth-order valence-corrected chi connectivity index (χ4v) is 5.22. The van der Waals surface area contributed by atoms with E-state index in [1.165, 1.54) is 16.2 Å². The number of hydrogen-bond donors (Lipinski definition) is 1. The Labute approximate surface area is 193 Å². The number of benzene rings is 2. The summed E-state index contributed by atoms with van der Waals surface area (Å²) in [6.07, 6.45) is -0.320. The summed E-state index contributed by atoms with van der Waals surface area (Å²) in [6, 6.07) is 15.9. The maximum atomic E-state index is 13.3. The predicted molar refractivity (Wildman–Crippen MR) is 122 cm³/mol. The summed E-state index contributed by atoms with van der Waals surface area (Å²) < 4.78 is 1.54. The summed E-state index contributed by atoms with van der Waals surface area (Å²) in [4.78, 5) is 28.1. The fourth-order valence-electron chi connectivity index (χ4n) is 3.41. The number of hydrogen-bond acceptors (Lipinski definition) is 4. The van der Waals surface area contributed by atoms with Crippen LogP contribution >= 0.6 is 54.8 Å². The predicted octanol–water partition coefficient (Wildman–Crippen LogP) is 5.93. The van der Waals surface area contributed by atoms with Crippen LogP contribution < -0.4 is 4.90 Å². The van der Waals surface area contributed by atoms with Gasteiger partial charge in [-0.3, -0.25) is 9.59 Å². The van der Waals surface area contributed by atoms with Crippen molar-refractivity contribution in [3.05, 3.63) is 83.9 Å². The Kier molecular flexibility index (Phi) is 5.70. The second kappa shape index (κ2) is 7.96. The summed E-state index contributed by atoms with van der Waals surface area (Å²) >= 11 is 14.0. The van der Waals surface area contributed by atoms with Crippen LogP contribution in [0.4, 0.5) is 5.69 Å². The van der Waals surface area contributed by atoms with Crippen molar-refractivity contribution in [1.29, 1.82) is 0 Å². The molecule has 1 amide bonds. The molecular formula is C21H14Br2ClNO3S. The zero-order chi connectivity index (χ0) is 20.8. The Morgan fingerprint density at radius 3 is 2.48 bits per heavy atom. The number of amides is 1. The van der Waals surface area contributed by atoms with Gasteiger partial charge in [-0.25, -0.2) is 0 Å². The first-order valence-electron chi connectivity index (χ1n) is 8.65. The lowest BCUT2D eigenvalue weighted by molar-refractivity contribution is -0.136. The van der Waals surface area contributed by atoms with E-state index < -0.39 is 11.5 Å². The van der Waals surface area contributed by atoms with Crippen LogP contribution in [0.5, 0.6) is 0 Å². The van der Waals surface area contributed by atoms with Crippen LogP contribution in [0.3, 0.4) is 0 Å². The molecule has 0 saturated carbocycles. The van der Waals surface area contributed by atoms with E-state index in [2.05, 4.69) is 31.9 Å². The highest BCUT2D eigenvalue weighted by Crippen LogP contribution is 2.45. The quantitative estimate of drug-likeness (QED) is 0.397. The van der Waals surface area contributed by atoms with Crippen molar-refractivity contribution in [2.45, 2.75) is 18.6 Å². The highest BCUT2D eigenvalue weighted by Gasteiger charge is 2.51. The molecule has 0 radical (unpaired) electrons. The summed E-state index contributed by atoms with van der Waals surface area (Å²) in [6.45, 7) is 0.270. The number of fused-ring (bicyclic) bond motifs is 1. The number of halogens is 3. The van der Waals surface area contributed by atoms with E-state index in [0.29, 0.717) is 21.2 Å². The van der Waals surface area contributed by atoms with Crippen molar-refractivity contribution in [3.8, 4) is 0 Å². The average molecular weight is 556 g/mol. The topological polar surface area (TPSA) is 57.6 Å². The minimum atomic E-state index is -1.92. The van der Waals surface area contributed by atoms with Crippen molar-refractivity contribution >= 4 is 72.2 Å². The molecule has 1 atom stereocenters. The number of thiophene rings is 1. The van der Waals surface area contributed by atoms with Gasteiger partial charge in [0.25, 0.3) is 5.91 Å². The zero-order valence-electron chi connectivity index (χ0n) is 14.9. The largest absolute Gasteiger partial charge is 0.375 e. The number of aliphatic hydroxyl groups is 1. The average Bonchev–Trinajstić information content (AvgIpc) is 3.20. The molecule has 4 nitrogen and oxygen atoms in total. The molecular weight excluding hydrogens is 542 g/mol. The molecule has 1 aromatic heterocycles. The maximum absolute atomic E-state index is 13.3. The minimum Gasteiger partial charge on any atom is -0.375 e. The first-order chi connectivity index (χ1) is 13.8. The molecule has 0 spiro atoms. The van der Waals surface area contributed by atoms with E-state index in [1.807, 2.05) is 18.2 Å². The number of ketones is 1. The first-order valence-corrected chi connectivity index (χ1v) is 11.4. The highest BCUT2D eigenvalue weighted by molar-refractivity contribution is 9.11. The zero-order valence-corrected chi connectivity index (χ0v) is 19.6. The van der Waals surface area contributed by atoms with Crippen LogP contribution in [0.15, 0.2) is 62.9 Å². The number of rotatable bonds is 5. The molecule has 29 heavy (non-hydrogen) atoms. The number of carbonyl (C=O) groups is 2. The summed E-state index contributed by atoms with van der Waals surface area (Å²) in [5.74, 6) is -0.791. The highest BCUT2D eigenvalue weighted by atomic mass is 79.9. The molecule has 0 fully saturated rings. The van der Waals surface area contributed by atoms with E-state index in [-0.39, 0.29) is 18.7 Å². The van der Waals surface area contributed by atoms with Gasteiger partial charge in [-0.2, -0.15) is 0 Å². The number of carbonyl (C=O) groups excluding carboxylic acids is 2. The number of Topliss-reactive ketones (excluding diaryl/α,β-unsaturated/α-hetero) is 1. The van der Waals surface area contributed by atoms with Gasteiger partial charge in [0.2, 0.25) is 0 Å². The van der Waals surface area contributed by atoms with Crippen LogP contribution in [-0.2, 0) is 16.9 Å². The molecule has 1 aliphatic rings. The number of anilines is 1.